The number of aromatic nitrogens is 2. The van der Waals surface area contributed by atoms with Crippen LogP contribution >= 0.6 is 0 Å². The van der Waals surface area contributed by atoms with E-state index in [1.807, 2.05) is 49.4 Å². The molecule has 2 aromatic carbocycles. The molecule has 0 aliphatic rings. The molecule has 0 amide bonds. The SMILES string of the molecule is CCCOc1cc(/C=C(\C#N)c2nc3ccccc3[nH]2)ccc1OC. The Hall–Kier alpha value is -3.26. The van der Waals surface area contributed by atoms with Crippen LogP contribution in [0.25, 0.3) is 22.7 Å². The maximum atomic E-state index is 9.54. The van der Waals surface area contributed by atoms with Crippen molar-refractivity contribution in [2.24, 2.45) is 0 Å². The molecule has 0 aliphatic heterocycles. The number of allylic oxidation sites excluding steroid dienone is 1. The minimum absolute atomic E-state index is 0.461. The number of fused-ring (bicyclic) bond motifs is 1. The van der Waals surface area contributed by atoms with E-state index in [2.05, 4.69) is 16.0 Å². The van der Waals surface area contributed by atoms with E-state index in [9.17, 15) is 5.26 Å². The molecule has 0 radical (unpaired) electrons. The average molecular weight is 333 g/mol. The van der Waals surface area contributed by atoms with Crippen LogP contribution in [-0.4, -0.2) is 23.7 Å². The second-order valence-corrected chi connectivity index (χ2v) is 5.53. The highest BCUT2D eigenvalue weighted by Crippen LogP contribution is 2.30. The highest BCUT2D eigenvalue weighted by molar-refractivity contribution is 5.90. The van der Waals surface area contributed by atoms with E-state index >= 15 is 0 Å². The number of nitrogens with zero attached hydrogens (tertiary/aromatic N) is 2. The van der Waals surface area contributed by atoms with Gasteiger partial charge in [0.1, 0.15) is 11.9 Å². The maximum absolute atomic E-state index is 9.54. The quantitative estimate of drug-likeness (QED) is 0.678. The molecule has 5 heteroatoms. The highest BCUT2D eigenvalue weighted by atomic mass is 16.5. The van der Waals surface area contributed by atoms with E-state index in [0.717, 1.165) is 23.0 Å². The molecule has 0 aliphatic carbocycles. The predicted molar refractivity (Wildman–Crippen MR) is 98.4 cm³/mol. The van der Waals surface area contributed by atoms with Crippen molar-refractivity contribution in [3.05, 3.63) is 53.9 Å². The van der Waals surface area contributed by atoms with Crippen molar-refractivity contribution in [2.75, 3.05) is 13.7 Å². The predicted octanol–water partition coefficient (Wildman–Crippen LogP) is 4.42. The van der Waals surface area contributed by atoms with Crippen molar-refractivity contribution >= 4 is 22.7 Å². The van der Waals surface area contributed by atoms with Crippen molar-refractivity contribution in [1.29, 1.82) is 5.26 Å². The Bertz CT molecular complexity index is 918. The minimum atomic E-state index is 0.461. The van der Waals surface area contributed by atoms with Crippen LogP contribution in [0.5, 0.6) is 11.5 Å². The Labute approximate surface area is 146 Å². The molecule has 1 N–H and O–H groups in total. The molecule has 3 rings (SSSR count). The van der Waals surface area contributed by atoms with Gasteiger partial charge in [0.2, 0.25) is 0 Å². The van der Waals surface area contributed by atoms with Crippen molar-refractivity contribution in [2.45, 2.75) is 13.3 Å². The third kappa shape index (κ3) is 3.64. The van der Waals surface area contributed by atoms with Crippen molar-refractivity contribution < 1.29 is 9.47 Å². The van der Waals surface area contributed by atoms with Gasteiger partial charge in [-0.1, -0.05) is 25.1 Å². The Balaban J connectivity index is 1.97. The van der Waals surface area contributed by atoms with Gasteiger partial charge in [0.05, 0.1) is 30.3 Å². The summed E-state index contributed by atoms with van der Waals surface area (Å²) < 4.78 is 11.1. The zero-order chi connectivity index (χ0) is 17.6. The zero-order valence-corrected chi connectivity index (χ0v) is 14.2. The van der Waals surface area contributed by atoms with Gasteiger partial charge in [-0.3, -0.25) is 0 Å². The molecule has 0 fully saturated rings. The van der Waals surface area contributed by atoms with Crippen molar-refractivity contribution in [3.63, 3.8) is 0 Å². The zero-order valence-electron chi connectivity index (χ0n) is 14.2. The summed E-state index contributed by atoms with van der Waals surface area (Å²) in [6.45, 7) is 2.66. The number of benzene rings is 2. The molecule has 126 valence electrons. The summed E-state index contributed by atoms with van der Waals surface area (Å²) in [6, 6.07) is 15.5. The first kappa shape index (κ1) is 16.6. The lowest BCUT2D eigenvalue weighted by Gasteiger charge is -2.10. The number of nitriles is 1. The van der Waals surface area contributed by atoms with Gasteiger partial charge in [-0.25, -0.2) is 4.98 Å². The number of aromatic amines is 1. The summed E-state index contributed by atoms with van der Waals surface area (Å²) in [6.07, 6.45) is 2.70. The van der Waals surface area contributed by atoms with E-state index in [4.69, 9.17) is 9.47 Å². The number of imidazole rings is 1. The topological polar surface area (TPSA) is 70.9 Å². The lowest BCUT2D eigenvalue weighted by Crippen LogP contribution is -1.98. The van der Waals surface area contributed by atoms with Gasteiger partial charge >= 0.3 is 0 Å². The first-order chi connectivity index (χ1) is 12.2. The van der Waals surface area contributed by atoms with Crippen molar-refractivity contribution in [3.8, 4) is 17.6 Å². The van der Waals surface area contributed by atoms with E-state index in [1.165, 1.54) is 0 Å². The molecule has 0 spiro atoms. The molecule has 25 heavy (non-hydrogen) atoms. The number of hydrogen-bond donors (Lipinski definition) is 1. The molecule has 0 saturated heterocycles. The lowest BCUT2D eigenvalue weighted by atomic mass is 10.1. The first-order valence-electron chi connectivity index (χ1n) is 8.13. The molecule has 0 bridgehead atoms. The average Bonchev–Trinajstić information content (AvgIpc) is 3.08. The standard InChI is InChI=1S/C20H19N3O2/c1-3-10-25-19-12-14(8-9-18(19)24-2)11-15(13-21)20-22-16-6-4-5-7-17(16)23-20/h4-9,11-12H,3,10H2,1-2H3,(H,22,23)/b15-11+. The van der Waals surface area contributed by atoms with E-state index in [-0.39, 0.29) is 0 Å². The molecule has 1 aromatic heterocycles. The summed E-state index contributed by atoms with van der Waals surface area (Å²) in [5.74, 6) is 1.89. The van der Waals surface area contributed by atoms with Crippen molar-refractivity contribution in [1.82, 2.24) is 9.97 Å². The number of para-hydroxylation sites is 2. The maximum Gasteiger partial charge on any atom is 0.161 e. The molecule has 3 aromatic rings. The fourth-order valence-electron chi connectivity index (χ4n) is 2.51. The summed E-state index contributed by atoms with van der Waals surface area (Å²) in [4.78, 5) is 7.66. The summed E-state index contributed by atoms with van der Waals surface area (Å²) >= 11 is 0. The number of hydrogen-bond acceptors (Lipinski definition) is 4. The van der Waals surface area contributed by atoms with Crippen LogP contribution in [0.15, 0.2) is 42.5 Å². The fourth-order valence-corrected chi connectivity index (χ4v) is 2.51. The smallest absolute Gasteiger partial charge is 0.161 e. The van der Waals surface area contributed by atoms with Crippen LogP contribution < -0.4 is 9.47 Å². The fraction of sp³-hybridized carbons (Fsp3) is 0.200. The molecule has 0 saturated carbocycles. The van der Waals surface area contributed by atoms with Gasteiger partial charge in [-0.05, 0) is 42.3 Å². The Morgan fingerprint density at radius 3 is 2.80 bits per heavy atom. The summed E-state index contributed by atoms with van der Waals surface area (Å²) in [5, 5.41) is 9.54. The van der Waals surface area contributed by atoms with Crippen LogP contribution in [0.4, 0.5) is 0 Å². The van der Waals surface area contributed by atoms with Gasteiger partial charge in [0, 0.05) is 0 Å². The van der Waals surface area contributed by atoms with Gasteiger partial charge in [-0.15, -0.1) is 0 Å². The monoisotopic (exact) mass is 333 g/mol. The highest BCUT2D eigenvalue weighted by Gasteiger charge is 2.09. The number of ether oxygens (including phenoxy) is 2. The molecular formula is C20H19N3O2. The Morgan fingerprint density at radius 1 is 1.24 bits per heavy atom. The molecule has 5 nitrogen and oxygen atoms in total. The van der Waals surface area contributed by atoms with Gasteiger partial charge in [0.25, 0.3) is 0 Å². The summed E-state index contributed by atoms with van der Waals surface area (Å²) in [7, 11) is 1.61. The molecule has 0 unspecified atom stereocenters. The first-order valence-corrected chi connectivity index (χ1v) is 8.13. The van der Waals surface area contributed by atoms with Gasteiger partial charge < -0.3 is 14.5 Å². The molecular weight excluding hydrogens is 314 g/mol. The van der Waals surface area contributed by atoms with Crippen LogP contribution in [0, 0.1) is 11.3 Å². The van der Waals surface area contributed by atoms with Crippen LogP contribution in [0.3, 0.4) is 0 Å². The largest absolute Gasteiger partial charge is 0.493 e. The van der Waals surface area contributed by atoms with Crippen LogP contribution in [0.2, 0.25) is 0 Å². The normalized spacial score (nSPS) is 11.3. The van der Waals surface area contributed by atoms with E-state index in [1.54, 1.807) is 13.2 Å². The van der Waals surface area contributed by atoms with Gasteiger partial charge in [-0.2, -0.15) is 5.26 Å². The Kier molecular flexibility index (Phi) is 5.00. The molecule has 0 atom stereocenters. The van der Waals surface area contributed by atoms with Gasteiger partial charge in [0.15, 0.2) is 11.5 Å². The van der Waals surface area contributed by atoms with Crippen LogP contribution in [0.1, 0.15) is 24.7 Å². The van der Waals surface area contributed by atoms with E-state index in [0.29, 0.717) is 29.5 Å². The van der Waals surface area contributed by atoms with Crippen LogP contribution in [-0.2, 0) is 0 Å². The third-order valence-corrected chi connectivity index (χ3v) is 3.73. The Morgan fingerprint density at radius 2 is 2.08 bits per heavy atom. The number of H-pyrrole nitrogens is 1. The van der Waals surface area contributed by atoms with E-state index < -0.39 is 0 Å². The lowest BCUT2D eigenvalue weighted by molar-refractivity contribution is 0.294. The minimum Gasteiger partial charge on any atom is -0.493 e. The second-order valence-electron chi connectivity index (χ2n) is 5.53. The number of methoxy groups -OCH3 is 1. The third-order valence-electron chi connectivity index (χ3n) is 3.73. The molecule has 1 heterocycles. The number of nitrogens with one attached hydrogen (secondary N) is 1. The second kappa shape index (κ2) is 7.54. The number of rotatable bonds is 6. The summed E-state index contributed by atoms with van der Waals surface area (Å²) in [5.41, 5.74) is 3.05.